The lowest BCUT2D eigenvalue weighted by molar-refractivity contribution is -0.310. The van der Waals surface area contributed by atoms with Gasteiger partial charge in [-0.25, -0.2) is 9.59 Å². The lowest BCUT2D eigenvalue weighted by Crippen LogP contribution is -2.68. The monoisotopic (exact) mass is 770 g/mol. The number of rotatable bonds is 15. The highest BCUT2D eigenvalue weighted by atomic mass is 32.2. The number of ketones is 1. The maximum absolute atomic E-state index is 13.3. The zero-order chi connectivity index (χ0) is 39.3. The summed E-state index contributed by atoms with van der Waals surface area (Å²) in [4.78, 5) is 62.5. The van der Waals surface area contributed by atoms with E-state index in [9.17, 15) is 54.6 Å². The maximum atomic E-state index is 13.3. The molecule has 0 spiro atoms. The van der Waals surface area contributed by atoms with Crippen molar-refractivity contribution < 1.29 is 68.8 Å². The van der Waals surface area contributed by atoms with Crippen molar-refractivity contribution in [2.24, 2.45) is 0 Å². The minimum Gasteiger partial charge on any atom is -0.508 e. The number of thioether (sulfide) groups is 1. The summed E-state index contributed by atoms with van der Waals surface area (Å²) in [6.45, 7) is 2.39. The molecule has 17 heteroatoms. The van der Waals surface area contributed by atoms with E-state index >= 15 is 0 Å². The van der Waals surface area contributed by atoms with Gasteiger partial charge in [0.2, 0.25) is 5.91 Å². The number of fused-ring (bicyclic) bond motifs is 2. The molecule has 2 amide bonds. The van der Waals surface area contributed by atoms with E-state index in [2.05, 4.69) is 10.6 Å². The standard InChI is InChI=1S/C37H42N2O14S/c1-3-54-12-4-11-51-37(36(49)50)16-26(43)31(39-18(2)40)33(53-37)32(45)27(44)17-38-34(46)19-5-8-22(25(13-19)35(47)48)30-23-9-6-20(41)14-28(23)52-29-15-21(42)7-10-24(29)30/h5-6,8-10,13-15,26-28,31-33,41,43-45H,3-4,7,11-12,16-17H2,1-2H3,(H,38,46)(H,39,40)(H,47,48)(H,49,50)/t26-,27+,28?,31+,32+,33?,37+/m0/s1. The normalized spacial score (nSPS) is 25.9. The van der Waals surface area contributed by atoms with Crippen LogP contribution in [0.1, 0.15) is 59.4 Å². The summed E-state index contributed by atoms with van der Waals surface area (Å²) >= 11 is 1.61. The summed E-state index contributed by atoms with van der Waals surface area (Å²) in [6, 6.07) is 2.51. The summed E-state index contributed by atoms with van der Waals surface area (Å²) in [5.41, 5.74) is 1.20. The Bertz CT molecular complexity index is 1850. The number of allylic oxidation sites excluding steroid dienone is 4. The van der Waals surface area contributed by atoms with Gasteiger partial charge in [0.1, 0.15) is 29.8 Å². The molecule has 0 bridgehead atoms. The van der Waals surface area contributed by atoms with Crippen LogP contribution in [0.15, 0.2) is 71.2 Å². The van der Waals surface area contributed by atoms with E-state index < -0.39 is 79.1 Å². The lowest BCUT2D eigenvalue weighted by Gasteiger charge is -2.46. The second-order valence-electron chi connectivity index (χ2n) is 13.0. The number of aliphatic hydroxyl groups is 4. The van der Waals surface area contributed by atoms with Crippen LogP contribution in [0.4, 0.5) is 0 Å². The van der Waals surface area contributed by atoms with Gasteiger partial charge in [-0.05, 0) is 41.7 Å². The Balaban J connectivity index is 1.36. The molecule has 54 heavy (non-hydrogen) atoms. The number of hydrogen-bond donors (Lipinski definition) is 8. The molecule has 2 aliphatic heterocycles. The van der Waals surface area contributed by atoms with E-state index in [0.29, 0.717) is 28.9 Å². The van der Waals surface area contributed by atoms with Gasteiger partial charge in [-0.3, -0.25) is 14.4 Å². The smallest absolute Gasteiger partial charge is 0.364 e. The number of hydrogen-bond acceptors (Lipinski definition) is 13. The fourth-order valence-corrected chi connectivity index (χ4v) is 7.22. The summed E-state index contributed by atoms with van der Waals surface area (Å²) in [5, 5.41) is 68.4. The molecule has 2 unspecified atom stereocenters. The molecule has 0 saturated carbocycles. The minimum atomic E-state index is -2.42. The number of carbonyl (C=O) groups is 5. The predicted molar refractivity (Wildman–Crippen MR) is 192 cm³/mol. The highest BCUT2D eigenvalue weighted by molar-refractivity contribution is 7.99. The topological polar surface area (TPSA) is 258 Å². The third kappa shape index (κ3) is 8.77. The van der Waals surface area contributed by atoms with Gasteiger partial charge in [-0.2, -0.15) is 11.8 Å². The van der Waals surface area contributed by atoms with Crippen molar-refractivity contribution >= 4 is 46.9 Å². The summed E-state index contributed by atoms with van der Waals surface area (Å²) in [7, 11) is 0. The van der Waals surface area contributed by atoms with E-state index in [-0.39, 0.29) is 47.0 Å². The molecule has 5 rings (SSSR count). The molecular formula is C37H42N2O14S. The van der Waals surface area contributed by atoms with Crippen molar-refractivity contribution in [1.29, 1.82) is 0 Å². The predicted octanol–water partition coefficient (Wildman–Crippen LogP) is 1.38. The number of carbonyl (C=O) groups excluding carboxylic acids is 3. The molecule has 7 atom stereocenters. The van der Waals surface area contributed by atoms with Gasteiger partial charge in [0.25, 0.3) is 11.7 Å². The molecule has 290 valence electrons. The van der Waals surface area contributed by atoms with Crippen LogP contribution in [-0.2, 0) is 28.6 Å². The number of aliphatic carboxylic acids is 1. The summed E-state index contributed by atoms with van der Waals surface area (Å²) < 4.78 is 17.3. The number of aromatic carboxylic acids is 1. The molecule has 4 aliphatic rings. The SMILES string of the molecule is CCSCCCO[C@]1(C(=O)O)C[C@H](O)[C@@H](NC(C)=O)C([C@H](O)[C@H](O)CNC(=O)c2ccc(C3=C4C=CC(O)=CC4OC4=CC(=O)CC=C43)c(C(=O)O)c2)O1. The minimum absolute atomic E-state index is 0.0462. The van der Waals surface area contributed by atoms with Crippen LogP contribution >= 0.6 is 11.8 Å². The Labute approximate surface area is 313 Å². The van der Waals surface area contributed by atoms with Gasteiger partial charge < -0.3 is 55.5 Å². The molecule has 16 nitrogen and oxygen atoms in total. The van der Waals surface area contributed by atoms with E-state index in [0.717, 1.165) is 18.7 Å². The molecule has 1 aromatic rings. The third-order valence-electron chi connectivity index (χ3n) is 9.16. The average molecular weight is 771 g/mol. The van der Waals surface area contributed by atoms with E-state index in [1.807, 2.05) is 6.92 Å². The number of amides is 2. The second-order valence-corrected chi connectivity index (χ2v) is 14.4. The van der Waals surface area contributed by atoms with Gasteiger partial charge in [0, 0.05) is 60.7 Å². The van der Waals surface area contributed by atoms with Gasteiger partial charge >= 0.3 is 11.9 Å². The Morgan fingerprint density at radius 2 is 1.91 bits per heavy atom. The molecule has 2 heterocycles. The first kappa shape index (κ1) is 40.4. The third-order valence-corrected chi connectivity index (χ3v) is 10.1. The van der Waals surface area contributed by atoms with Crippen molar-refractivity contribution in [1.82, 2.24) is 10.6 Å². The number of carboxylic acids is 2. The van der Waals surface area contributed by atoms with Crippen LogP contribution in [0.2, 0.25) is 0 Å². The molecule has 1 aromatic carbocycles. The highest BCUT2D eigenvalue weighted by Gasteiger charge is 2.55. The van der Waals surface area contributed by atoms with Crippen LogP contribution in [0.3, 0.4) is 0 Å². The fraction of sp³-hybridized carbons (Fsp3) is 0.432. The van der Waals surface area contributed by atoms with Crippen molar-refractivity contribution in [3.05, 3.63) is 87.9 Å². The lowest BCUT2D eigenvalue weighted by atomic mass is 9.81. The fourth-order valence-electron chi connectivity index (χ4n) is 6.61. The van der Waals surface area contributed by atoms with Crippen LogP contribution in [0, 0.1) is 0 Å². The summed E-state index contributed by atoms with van der Waals surface area (Å²) in [5.74, 6) is -5.47. The molecule has 0 radical (unpaired) electrons. The molecule has 8 N–H and O–H groups in total. The number of nitrogens with one attached hydrogen (secondary N) is 2. The van der Waals surface area contributed by atoms with Crippen molar-refractivity contribution in [2.75, 3.05) is 24.7 Å². The van der Waals surface area contributed by atoms with Crippen LogP contribution in [-0.4, -0.2) is 127 Å². The van der Waals surface area contributed by atoms with Crippen LogP contribution < -0.4 is 10.6 Å². The maximum Gasteiger partial charge on any atom is 0.364 e. The summed E-state index contributed by atoms with van der Waals surface area (Å²) in [6.07, 6.45) is -0.705. The van der Waals surface area contributed by atoms with Gasteiger partial charge in [0.05, 0.1) is 30.4 Å². The molecule has 1 saturated heterocycles. The molecule has 0 aromatic heterocycles. The van der Waals surface area contributed by atoms with E-state index in [1.54, 1.807) is 23.9 Å². The molecule has 2 aliphatic carbocycles. The zero-order valence-electron chi connectivity index (χ0n) is 29.4. The largest absolute Gasteiger partial charge is 0.508 e. The number of carboxylic acid groups (broad SMARTS) is 2. The van der Waals surface area contributed by atoms with Gasteiger partial charge in [-0.1, -0.05) is 25.1 Å². The molecular weight excluding hydrogens is 728 g/mol. The Kier molecular flexibility index (Phi) is 12.8. The van der Waals surface area contributed by atoms with Crippen molar-refractivity contribution in [3.8, 4) is 0 Å². The van der Waals surface area contributed by atoms with Crippen molar-refractivity contribution in [2.45, 2.75) is 75.5 Å². The number of aliphatic hydroxyl groups excluding tert-OH is 4. The quantitative estimate of drug-likeness (QED) is 0.117. The number of ether oxygens (including phenoxy) is 3. The first-order chi connectivity index (χ1) is 25.6. The second kappa shape index (κ2) is 17.1. The van der Waals surface area contributed by atoms with Crippen molar-refractivity contribution in [3.63, 3.8) is 0 Å². The first-order valence-corrected chi connectivity index (χ1v) is 18.4. The highest BCUT2D eigenvalue weighted by Crippen LogP contribution is 2.44. The van der Waals surface area contributed by atoms with Gasteiger partial charge in [-0.15, -0.1) is 0 Å². The van der Waals surface area contributed by atoms with E-state index in [1.165, 1.54) is 30.4 Å². The Hall–Kier alpha value is -4.78. The Morgan fingerprint density at radius 1 is 1.15 bits per heavy atom. The number of benzene rings is 1. The molecule has 1 fully saturated rings. The van der Waals surface area contributed by atoms with Crippen LogP contribution in [0.5, 0.6) is 0 Å². The average Bonchev–Trinajstić information content (AvgIpc) is 3.12. The van der Waals surface area contributed by atoms with E-state index in [4.69, 9.17) is 14.2 Å². The zero-order valence-corrected chi connectivity index (χ0v) is 30.2. The first-order valence-electron chi connectivity index (χ1n) is 17.2. The Morgan fingerprint density at radius 3 is 2.59 bits per heavy atom. The van der Waals surface area contributed by atoms with Crippen LogP contribution in [0.25, 0.3) is 5.57 Å². The van der Waals surface area contributed by atoms with Gasteiger partial charge in [0.15, 0.2) is 5.78 Å².